The van der Waals surface area contributed by atoms with Gasteiger partial charge in [-0.05, 0) is 12.5 Å². The van der Waals surface area contributed by atoms with E-state index in [1.807, 2.05) is 37.3 Å². The van der Waals surface area contributed by atoms with Gasteiger partial charge in [0.1, 0.15) is 6.29 Å². The van der Waals surface area contributed by atoms with Crippen LogP contribution in [0.1, 0.15) is 12.5 Å². The molecule has 0 heterocycles. The molecule has 0 saturated carbocycles. The number of carbonyl (C=O) groups excluding carboxylic acids is 1. The Kier molecular flexibility index (Phi) is 7.14. The maximum absolute atomic E-state index is 10.2. The molecule has 3 nitrogen and oxygen atoms in total. The van der Waals surface area contributed by atoms with Crippen LogP contribution in [0.5, 0.6) is 0 Å². The van der Waals surface area contributed by atoms with E-state index in [1.165, 1.54) is 0 Å². The molecule has 3 heteroatoms. The number of allylic oxidation sites excluding steroid dienone is 1. The fraction of sp³-hybridized carbons (Fsp3) is 0.250. The summed E-state index contributed by atoms with van der Waals surface area (Å²) in [6.45, 7) is 6.03. The molecule has 4 N–H and O–H groups in total. The van der Waals surface area contributed by atoms with Gasteiger partial charge >= 0.3 is 0 Å². The first-order chi connectivity index (χ1) is 7.11. The van der Waals surface area contributed by atoms with Crippen molar-refractivity contribution < 1.29 is 4.79 Å². The summed E-state index contributed by atoms with van der Waals surface area (Å²) in [6.07, 6.45) is 0.759. The van der Waals surface area contributed by atoms with Crippen molar-refractivity contribution >= 4 is 11.9 Å². The average molecular weight is 206 g/mol. The number of hydrogen-bond donors (Lipinski definition) is 2. The van der Waals surface area contributed by atoms with Gasteiger partial charge in [-0.3, -0.25) is 4.79 Å². The minimum absolute atomic E-state index is 0.162. The van der Waals surface area contributed by atoms with Gasteiger partial charge in [0.2, 0.25) is 0 Å². The lowest BCUT2D eigenvalue weighted by molar-refractivity contribution is -0.103. The van der Waals surface area contributed by atoms with Gasteiger partial charge in [0.15, 0.2) is 0 Å². The first kappa shape index (κ1) is 13.5. The Morgan fingerprint density at radius 1 is 1.47 bits per heavy atom. The molecule has 1 aromatic rings. The van der Waals surface area contributed by atoms with E-state index in [1.54, 1.807) is 0 Å². The quantitative estimate of drug-likeness (QED) is 0.576. The van der Waals surface area contributed by atoms with Crippen molar-refractivity contribution in [2.75, 3.05) is 6.54 Å². The van der Waals surface area contributed by atoms with Gasteiger partial charge in [0, 0.05) is 18.2 Å². The lowest BCUT2D eigenvalue weighted by atomic mass is 10.1. The molecule has 1 rings (SSSR count). The van der Waals surface area contributed by atoms with Crippen LogP contribution in [0, 0.1) is 0 Å². The van der Waals surface area contributed by atoms with E-state index in [0.29, 0.717) is 12.1 Å². The molecule has 0 amide bonds. The highest BCUT2D eigenvalue weighted by molar-refractivity contribution is 6.05. The molecular weight excluding hydrogens is 188 g/mol. The van der Waals surface area contributed by atoms with Gasteiger partial charge in [0.25, 0.3) is 0 Å². The van der Waals surface area contributed by atoms with Gasteiger partial charge in [-0.2, -0.15) is 0 Å². The third-order valence-electron chi connectivity index (χ3n) is 1.66. The standard InChI is InChI=1S/C9H8O.C3H10N2/c1-8(7-10)9-5-3-2-4-6-9;1-3(5)2-4/h2-7H,1H2;3H,2,4-5H2,1H3. The van der Waals surface area contributed by atoms with Crippen LogP contribution in [-0.2, 0) is 4.79 Å². The number of rotatable bonds is 3. The van der Waals surface area contributed by atoms with E-state index in [2.05, 4.69) is 6.58 Å². The molecule has 0 spiro atoms. The Morgan fingerprint density at radius 2 is 1.93 bits per heavy atom. The van der Waals surface area contributed by atoms with Crippen LogP contribution in [0.4, 0.5) is 0 Å². The SMILES string of the molecule is C=C(C=O)c1ccccc1.CC(N)CN. The zero-order valence-corrected chi connectivity index (χ0v) is 9.02. The van der Waals surface area contributed by atoms with Gasteiger partial charge in [-0.15, -0.1) is 0 Å². The van der Waals surface area contributed by atoms with Crippen LogP contribution >= 0.6 is 0 Å². The third-order valence-corrected chi connectivity index (χ3v) is 1.66. The number of carbonyl (C=O) groups is 1. The summed E-state index contributed by atoms with van der Waals surface area (Å²) in [4.78, 5) is 10.2. The summed E-state index contributed by atoms with van der Waals surface area (Å²) < 4.78 is 0. The Morgan fingerprint density at radius 3 is 2.27 bits per heavy atom. The summed E-state index contributed by atoms with van der Waals surface area (Å²) in [5.74, 6) is 0. The molecule has 1 unspecified atom stereocenters. The van der Waals surface area contributed by atoms with E-state index in [4.69, 9.17) is 11.5 Å². The monoisotopic (exact) mass is 206 g/mol. The summed E-state index contributed by atoms with van der Waals surface area (Å²) in [5.41, 5.74) is 11.6. The maximum Gasteiger partial charge on any atom is 0.150 e. The van der Waals surface area contributed by atoms with Crippen LogP contribution < -0.4 is 11.5 Å². The predicted molar refractivity (Wildman–Crippen MR) is 64.2 cm³/mol. The summed E-state index contributed by atoms with van der Waals surface area (Å²) in [6, 6.07) is 9.54. The molecule has 0 radical (unpaired) electrons. The largest absolute Gasteiger partial charge is 0.329 e. The highest BCUT2D eigenvalue weighted by atomic mass is 16.1. The minimum Gasteiger partial charge on any atom is -0.329 e. The number of hydrogen-bond acceptors (Lipinski definition) is 3. The number of aldehydes is 1. The summed E-state index contributed by atoms with van der Waals surface area (Å²) in [7, 11) is 0. The fourth-order valence-corrected chi connectivity index (χ4v) is 0.720. The molecule has 0 aliphatic heterocycles. The van der Waals surface area contributed by atoms with Crippen molar-refractivity contribution in [3.63, 3.8) is 0 Å². The zero-order chi connectivity index (χ0) is 11.7. The van der Waals surface area contributed by atoms with E-state index >= 15 is 0 Å². The Labute approximate surface area is 90.8 Å². The third kappa shape index (κ3) is 6.60. The van der Waals surface area contributed by atoms with Crippen molar-refractivity contribution in [3.05, 3.63) is 42.5 Å². The minimum atomic E-state index is 0.162. The molecule has 0 saturated heterocycles. The summed E-state index contributed by atoms with van der Waals surface area (Å²) >= 11 is 0. The molecular formula is C12H18N2O. The summed E-state index contributed by atoms with van der Waals surface area (Å²) in [5, 5.41) is 0. The van der Waals surface area contributed by atoms with Gasteiger partial charge < -0.3 is 11.5 Å². The van der Waals surface area contributed by atoms with Crippen molar-refractivity contribution in [2.45, 2.75) is 13.0 Å². The van der Waals surface area contributed by atoms with Gasteiger partial charge in [-0.25, -0.2) is 0 Å². The van der Waals surface area contributed by atoms with Crippen LogP contribution in [-0.4, -0.2) is 18.9 Å². The van der Waals surface area contributed by atoms with Crippen molar-refractivity contribution in [1.29, 1.82) is 0 Å². The second-order valence-corrected chi connectivity index (χ2v) is 3.22. The van der Waals surface area contributed by atoms with Crippen molar-refractivity contribution in [2.24, 2.45) is 11.5 Å². The number of benzene rings is 1. The molecule has 0 aliphatic carbocycles. The van der Waals surface area contributed by atoms with E-state index < -0.39 is 0 Å². The maximum atomic E-state index is 10.2. The molecule has 82 valence electrons. The Balaban J connectivity index is 0.000000336. The molecule has 1 aromatic carbocycles. The second kappa shape index (κ2) is 7.91. The normalized spacial score (nSPS) is 10.9. The Bertz CT molecular complexity index is 294. The van der Waals surface area contributed by atoms with Gasteiger partial charge in [-0.1, -0.05) is 36.9 Å². The molecule has 15 heavy (non-hydrogen) atoms. The van der Waals surface area contributed by atoms with Crippen LogP contribution in [0.3, 0.4) is 0 Å². The smallest absolute Gasteiger partial charge is 0.150 e. The van der Waals surface area contributed by atoms with Crippen LogP contribution in [0.15, 0.2) is 36.9 Å². The van der Waals surface area contributed by atoms with Gasteiger partial charge in [0.05, 0.1) is 0 Å². The lowest BCUT2D eigenvalue weighted by Gasteiger charge is -1.93. The molecule has 0 bridgehead atoms. The van der Waals surface area contributed by atoms with E-state index in [-0.39, 0.29) is 6.04 Å². The van der Waals surface area contributed by atoms with Crippen LogP contribution in [0.2, 0.25) is 0 Å². The molecule has 0 aliphatic rings. The first-order valence-corrected chi connectivity index (χ1v) is 4.77. The van der Waals surface area contributed by atoms with Crippen molar-refractivity contribution in [3.8, 4) is 0 Å². The number of nitrogens with two attached hydrogens (primary N) is 2. The fourth-order valence-electron chi connectivity index (χ4n) is 0.720. The topological polar surface area (TPSA) is 69.1 Å². The van der Waals surface area contributed by atoms with E-state index in [9.17, 15) is 4.79 Å². The van der Waals surface area contributed by atoms with E-state index in [0.717, 1.165) is 11.8 Å². The first-order valence-electron chi connectivity index (χ1n) is 4.77. The Hall–Kier alpha value is -1.45. The van der Waals surface area contributed by atoms with Crippen molar-refractivity contribution in [1.82, 2.24) is 0 Å². The highest BCUT2D eigenvalue weighted by Gasteiger charge is 1.92. The highest BCUT2D eigenvalue weighted by Crippen LogP contribution is 2.07. The van der Waals surface area contributed by atoms with Crippen LogP contribution in [0.25, 0.3) is 5.57 Å². The zero-order valence-electron chi connectivity index (χ0n) is 9.02. The molecule has 1 atom stereocenters. The predicted octanol–water partition coefficient (Wildman–Crippen LogP) is 1.19. The average Bonchev–Trinajstić information content (AvgIpc) is 2.30. The lowest BCUT2D eigenvalue weighted by Crippen LogP contribution is -2.25. The molecule has 0 fully saturated rings. The molecule has 0 aromatic heterocycles. The second-order valence-electron chi connectivity index (χ2n) is 3.22.